The molecule has 2 aromatic carbocycles. The molecule has 0 spiro atoms. The number of hydrogen-bond donors (Lipinski definition) is 1. The van der Waals surface area contributed by atoms with Gasteiger partial charge in [-0.15, -0.1) is 6.58 Å². The fourth-order valence-electron chi connectivity index (χ4n) is 2.61. The summed E-state index contributed by atoms with van der Waals surface area (Å²) in [6.07, 6.45) is 9.46. The van der Waals surface area contributed by atoms with E-state index in [4.69, 9.17) is 4.43 Å². The van der Waals surface area contributed by atoms with Crippen LogP contribution < -0.4 is 0 Å². The smallest absolute Gasteiger partial charge is 0.249 e. The second-order valence-corrected chi connectivity index (χ2v) is 13.3. The topological polar surface area (TPSA) is 29.5 Å². The zero-order chi connectivity index (χ0) is 20.1. The highest BCUT2D eigenvalue weighted by atomic mass is 28.4. The van der Waals surface area contributed by atoms with E-state index in [1.165, 1.54) is 0 Å². The average Bonchev–Trinajstić information content (AvgIpc) is 2.60. The van der Waals surface area contributed by atoms with Gasteiger partial charge in [0, 0.05) is 6.42 Å². The van der Waals surface area contributed by atoms with Gasteiger partial charge in [-0.05, 0) is 52.7 Å². The van der Waals surface area contributed by atoms with Gasteiger partial charge in [-0.1, -0.05) is 69.3 Å². The van der Waals surface area contributed by atoms with Gasteiger partial charge in [-0.3, -0.25) is 0 Å². The lowest BCUT2D eigenvalue weighted by Crippen LogP contribution is -2.39. The molecule has 0 aliphatic rings. The van der Waals surface area contributed by atoms with Gasteiger partial charge in [0.1, 0.15) is 5.60 Å². The van der Waals surface area contributed by atoms with Crippen LogP contribution in [0, 0.1) is 0 Å². The Balaban J connectivity index is 2.21. The molecule has 0 unspecified atom stereocenters. The lowest BCUT2D eigenvalue weighted by molar-refractivity contribution is 0.0931. The lowest BCUT2D eigenvalue weighted by Gasteiger charge is -2.34. The minimum absolute atomic E-state index is 0.162. The molecule has 1 atom stereocenters. The highest BCUT2D eigenvalue weighted by molar-refractivity contribution is 6.74. The van der Waals surface area contributed by atoms with Crippen molar-refractivity contribution in [1.82, 2.24) is 0 Å². The second kappa shape index (κ2) is 8.28. The summed E-state index contributed by atoms with van der Waals surface area (Å²) in [7, 11) is -1.81. The van der Waals surface area contributed by atoms with E-state index in [1.807, 2.05) is 48.6 Å². The number of hydrogen-bond acceptors (Lipinski definition) is 2. The maximum atomic E-state index is 11.2. The van der Waals surface area contributed by atoms with E-state index in [9.17, 15) is 5.11 Å². The normalized spacial score (nSPS) is 15.3. The summed E-state index contributed by atoms with van der Waals surface area (Å²) < 4.78 is 6.04. The molecule has 3 heteroatoms. The Kier molecular flexibility index (Phi) is 6.50. The van der Waals surface area contributed by atoms with Crippen LogP contribution in [0.5, 0.6) is 0 Å². The van der Waals surface area contributed by atoms with Gasteiger partial charge in [0.25, 0.3) is 0 Å². The zero-order valence-electron chi connectivity index (χ0n) is 17.2. The molecule has 0 amide bonds. The van der Waals surface area contributed by atoms with Crippen LogP contribution in [-0.4, -0.2) is 13.4 Å². The van der Waals surface area contributed by atoms with Crippen LogP contribution >= 0.6 is 0 Å². The SMILES string of the molecule is C=CC[C@@](O)(/C=C/C=C\O[Si](C)(C)C(C)(C)C)c1ccc2ccccc2c1. The molecular formula is C24H32O2Si. The Morgan fingerprint density at radius 3 is 2.33 bits per heavy atom. The maximum Gasteiger partial charge on any atom is 0.249 e. The van der Waals surface area contributed by atoms with E-state index in [-0.39, 0.29) is 5.04 Å². The summed E-state index contributed by atoms with van der Waals surface area (Å²) >= 11 is 0. The highest BCUT2D eigenvalue weighted by Gasteiger charge is 2.37. The van der Waals surface area contributed by atoms with E-state index < -0.39 is 13.9 Å². The monoisotopic (exact) mass is 380 g/mol. The molecule has 0 heterocycles. The Morgan fingerprint density at radius 2 is 1.70 bits per heavy atom. The molecule has 0 aliphatic carbocycles. The molecule has 0 saturated carbocycles. The summed E-state index contributed by atoms with van der Waals surface area (Å²) in [6, 6.07) is 14.2. The van der Waals surface area contributed by atoms with Crippen molar-refractivity contribution in [3.05, 3.63) is 85.2 Å². The van der Waals surface area contributed by atoms with Gasteiger partial charge in [0.15, 0.2) is 0 Å². The van der Waals surface area contributed by atoms with Crippen molar-refractivity contribution in [2.24, 2.45) is 0 Å². The molecule has 2 rings (SSSR count). The van der Waals surface area contributed by atoms with Crippen molar-refractivity contribution in [2.45, 2.75) is 50.9 Å². The molecule has 27 heavy (non-hydrogen) atoms. The van der Waals surface area contributed by atoms with E-state index >= 15 is 0 Å². The Bertz CT molecular complexity index is 843. The van der Waals surface area contributed by atoms with Gasteiger partial charge in [-0.25, -0.2) is 0 Å². The highest BCUT2D eigenvalue weighted by Crippen LogP contribution is 2.36. The van der Waals surface area contributed by atoms with Crippen LogP contribution in [0.3, 0.4) is 0 Å². The van der Waals surface area contributed by atoms with Gasteiger partial charge >= 0.3 is 0 Å². The first-order chi connectivity index (χ1) is 12.6. The Labute approximate surface area is 165 Å². The van der Waals surface area contributed by atoms with E-state index in [0.717, 1.165) is 16.3 Å². The number of aliphatic hydroxyl groups is 1. The summed E-state index contributed by atoms with van der Waals surface area (Å²) in [5, 5.41) is 13.6. The number of fused-ring (bicyclic) bond motifs is 1. The molecule has 0 aromatic heterocycles. The maximum absolute atomic E-state index is 11.2. The quantitative estimate of drug-likeness (QED) is 0.251. The first-order valence-corrected chi connectivity index (χ1v) is 12.3. The predicted molar refractivity (Wildman–Crippen MR) is 119 cm³/mol. The molecule has 0 aliphatic heterocycles. The van der Waals surface area contributed by atoms with Gasteiger partial charge < -0.3 is 9.53 Å². The van der Waals surface area contributed by atoms with Crippen LogP contribution in [0.4, 0.5) is 0 Å². The number of rotatable bonds is 7. The van der Waals surface area contributed by atoms with Crippen LogP contribution in [0.15, 0.2) is 79.6 Å². The molecular weight excluding hydrogens is 348 g/mol. The molecule has 2 aromatic rings. The molecule has 0 fully saturated rings. The third kappa shape index (κ3) is 5.21. The standard InChI is InChI=1S/C24H32O2Si/c1-7-16-24(25,17-10-11-18-26-27(5,6)23(2,3)4)22-15-14-20-12-8-9-13-21(20)19-22/h7-15,17-19,25H,1,16H2,2-6H3/b17-10+,18-11-/t24-/m1/s1. The third-order valence-corrected chi connectivity index (χ3v) is 9.77. The van der Waals surface area contributed by atoms with Crippen LogP contribution in [0.25, 0.3) is 10.8 Å². The largest absolute Gasteiger partial charge is 0.549 e. The predicted octanol–water partition coefficient (Wildman–Crippen LogP) is 6.70. The van der Waals surface area contributed by atoms with Crippen molar-refractivity contribution in [2.75, 3.05) is 0 Å². The van der Waals surface area contributed by atoms with E-state index in [0.29, 0.717) is 6.42 Å². The molecule has 1 N–H and O–H groups in total. The molecule has 2 nitrogen and oxygen atoms in total. The second-order valence-electron chi connectivity index (χ2n) is 8.54. The number of benzene rings is 2. The fraction of sp³-hybridized carbons (Fsp3) is 0.333. The summed E-state index contributed by atoms with van der Waals surface area (Å²) in [4.78, 5) is 0. The van der Waals surface area contributed by atoms with Gasteiger partial charge in [0.05, 0.1) is 6.26 Å². The summed E-state index contributed by atoms with van der Waals surface area (Å²) in [6.45, 7) is 14.9. The van der Waals surface area contributed by atoms with E-state index in [2.05, 4.69) is 52.6 Å². The minimum Gasteiger partial charge on any atom is -0.549 e. The van der Waals surface area contributed by atoms with Crippen LogP contribution in [-0.2, 0) is 10.0 Å². The first-order valence-electron chi connectivity index (χ1n) is 9.44. The van der Waals surface area contributed by atoms with Crippen molar-refractivity contribution < 1.29 is 9.53 Å². The molecule has 0 bridgehead atoms. The summed E-state index contributed by atoms with van der Waals surface area (Å²) in [5.41, 5.74) is -0.233. The van der Waals surface area contributed by atoms with Crippen molar-refractivity contribution in [3.8, 4) is 0 Å². The molecule has 144 valence electrons. The molecule has 0 saturated heterocycles. The van der Waals surface area contributed by atoms with Crippen molar-refractivity contribution in [1.29, 1.82) is 0 Å². The van der Waals surface area contributed by atoms with Crippen LogP contribution in [0.2, 0.25) is 18.1 Å². The van der Waals surface area contributed by atoms with Crippen molar-refractivity contribution in [3.63, 3.8) is 0 Å². The van der Waals surface area contributed by atoms with Crippen LogP contribution in [0.1, 0.15) is 32.8 Å². The Hall–Kier alpha value is -2.10. The first kappa shape index (κ1) is 21.2. The van der Waals surface area contributed by atoms with E-state index in [1.54, 1.807) is 12.3 Å². The average molecular weight is 381 g/mol. The minimum atomic E-state index is -1.81. The third-order valence-electron chi connectivity index (χ3n) is 5.44. The lowest BCUT2D eigenvalue weighted by atomic mass is 9.88. The van der Waals surface area contributed by atoms with Crippen molar-refractivity contribution >= 4 is 19.1 Å². The fourth-order valence-corrected chi connectivity index (χ4v) is 3.38. The number of allylic oxidation sites excluding steroid dienone is 2. The van der Waals surface area contributed by atoms with Gasteiger partial charge in [0.2, 0.25) is 8.32 Å². The zero-order valence-corrected chi connectivity index (χ0v) is 18.2. The van der Waals surface area contributed by atoms with Gasteiger partial charge in [-0.2, -0.15) is 0 Å². The molecule has 0 radical (unpaired) electrons. The summed E-state index contributed by atoms with van der Waals surface area (Å²) in [5.74, 6) is 0. The Morgan fingerprint density at radius 1 is 1.04 bits per heavy atom.